The zero-order valence-electron chi connectivity index (χ0n) is 17.8. The van der Waals surface area contributed by atoms with Gasteiger partial charge in [0.15, 0.2) is 0 Å². The molecular formula is C24H35N3O2. The Morgan fingerprint density at radius 1 is 1.10 bits per heavy atom. The van der Waals surface area contributed by atoms with Gasteiger partial charge in [0.2, 0.25) is 11.8 Å². The first-order chi connectivity index (χ1) is 14.1. The minimum Gasteiger partial charge on any atom is -0.347 e. The molecule has 1 aromatic rings. The van der Waals surface area contributed by atoms with E-state index in [1.807, 2.05) is 4.90 Å². The monoisotopic (exact) mass is 397 g/mol. The molecule has 5 nitrogen and oxygen atoms in total. The third-order valence-corrected chi connectivity index (χ3v) is 7.27. The molecule has 2 amide bonds. The van der Waals surface area contributed by atoms with Crippen molar-refractivity contribution in [3.05, 3.63) is 35.4 Å². The van der Waals surface area contributed by atoms with Crippen molar-refractivity contribution in [3.8, 4) is 0 Å². The lowest BCUT2D eigenvalue weighted by Crippen LogP contribution is -2.60. The SMILES string of the molecule is CC(=O)NCC(=O)N1Cc2ccccc2CC2(CCCCN2CC2CCCC2)C1. The second kappa shape index (κ2) is 8.86. The van der Waals surface area contributed by atoms with Crippen LogP contribution in [0.15, 0.2) is 24.3 Å². The molecule has 1 spiro atoms. The molecule has 4 rings (SSSR count). The fourth-order valence-corrected chi connectivity index (χ4v) is 5.72. The largest absolute Gasteiger partial charge is 0.347 e. The van der Waals surface area contributed by atoms with Gasteiger partial charge in [0.1, 0.15) is 0 Å². The van der Waals surface area contributed by atoms with Crippen molar-refractivity contribution in [3.63, 3.8) is 0 Å². The minimum absolute atomic E-state index is 0.0271. The zero-order valence-corrected chi connectivity index (χ0v) is 17.8. The van der Waals surface area contributed by atoms with Crippen LogP contribution >= 0.6 is 0 Å². The van der Waals surface area contributed by atoms with Crippen LogP contribution in [0.25, 0.3) is 0 Å². The van der Waals surface area contributed by atoms with Crippen LogP contribution in [0.4, 0.5) is 0 Å². The average Bonchev–Trinajstić information content (AvgIpc) is 3.16. The topological polar surface area (TPSA) is 52.7 Å². The average molecular weight is 398 g/mol. The predicted molar refractivity (Wildman–Crippen MR) is 114 cm³/mol. The Morgan fingerprint density at radius 2 is 1.86 bits per heavy atom. The Morgan fingerprint density at radius 3 is 2.62 bits per heavy atom. The Balaban J connectivity index is 1.62. The van der Waals surface area contributed by atoms with E-state index >= 15 is 0 Å². The Labute approximate surface area is 174 Å². The summed E-state index contributed by atoms with van der Waals surface area (Å²) in [7, 11) is 0. The molecule has 1 aromatic carbocycles. The number of hydrogen-bond acceptors (Lipinski definition) is 3. The summed E-state index contributed by atoms with van der Waals surface area (Å²) in [4.78, 5) is 29.1. The number of rotatable bonds is 4. The predicted octanol–water partition coefficient (Wildman–Crippen LogP) is 3.12. The zero-order chi connectivity index (χ0) is 20.3. The molecule has 2 heterocycles. The molecule has 1 N–H and O–H groups in total. The van der Waals surface area contributed by atoms with Crippen LogP contribution in [0.1, 0.15) is 63.0 Å². The molecular weight excluding hydrogens is 362 g/mol. The first kappa shape index (κ1) is 20.4. The standard InChI is InChI=1S/C24H35N3O2/c1-19(28)25-15-23(29)26-17-22-11-5-4-10-21(22)14-24(18-26)12-6-7-13-27(24)16-20-8-2-3-9-20/h4-5,10-11,20H,2-3,6-9,12-18H2,1H3,(H,25,28). The van der Waals surface area contributed by atoms with Gasteiger partial charge in [0, 0.05) is 32.1 Å². The number of likely N-dealkylation sites (tertiary alicyclic amines) is 1. The second-order valence-corrected chi connectivity index (χ2v) is 9.38. The molecule has 1 saturated carbocycles. The Hall–Kier alpha value is -1.88. The molecule has 1 atom stereocenters. The quantitative estimate of drug-likeness (QED) is 0.849. The van der Waals surface area contributed by atoms with Crippen LogP contribution in [0.5, 0.6) is 0 Å². The number of nitrogens with one attached hydrogen (secondary N) is 1. The van der Waals surface area contributed by atoms with Crippen molar-refractivity contribution in [1.82, 2.24) is 15.1 Å². The lowest BCUT2D eigenvalue weighted by Gasteiger charge is -2.49. The fourth-order valence-electron chi connectivity index (χ4n) is 5.72. The van der Waals surface area contributed by atoms with Crippen LogP contribution in [-0.2, 0) is 22.6 Å². The number of hydrogen-bond donors (Lipinski definition) is 1. The Bertz CT molecular complexity index is 743. The van der Waals surface area contributed by atoms with E-state index in [0.29, 0.717) is 6.54 Å². The highest BCUT2D eigenvalue weighted by Gasteiger charge is 2.44. The van der Waals surface area contributed by atoms with E-state index in [1.54, 1.807) is 0 Å². The van der Waals surface area contributed by atoms with Crippen LogP contribution in [0.3, 0.4) is 0 Å². The summed E-state index contributed by atoms with van der Waals surface area (Å²) in [6.45, 7) is 5.30. The number of nitrogens with zero attached hydrogens (tertiary/aromatic N) is 2. The van der Waals surface area contributed by atoms with Crippen molar-refractivity contribution in [2.45, 2.75) is 70.4 Å². The first-order valence-electron chi connectivity index (χ1n) is 11.4. The van der Waals surface area contributed by atoms with E-state index in [0.717, 1.165) is 31.8 Å². The van der Waals surface area contributed by atoms with Crippen LogP contribution in [0, 0.1) is 5.92 Å². The normalized spacial score (nSPS) is 25.6. The van der Waals surface area contributed by atoms with E-state index in [4.69, 9.17) is 0 Å². The van der Waals surface area contributed by atoms with Crippen molar-refractivity contribution >= 4 is 11.8 Å². The molecule has 5 heteroatoms. The van der Waals surface area contributed by atoms with Gasteiger partial charge >= 0.3 is 0 Å². The summed E-state index contributed by atoms with van der Waals surface area (Å²) in [6.07, 6.45) is 10.1. The molecule has 29 heavy (non-hydrogen) atoms. The van der Waals surface area contributed by atoms with Gasteiger partial charge in [-0.25, -0.2) is 0 Å². The summed E-state index contributed by atoms with van der Waals surface area (Å²) in [5.41, 5.74) is 2.67. The summed E-state index contributed by atoms with van der Waals surface area (Å²) in [5.74, 6) is 0.693. The smallest absolute Gasteiger partial charge is 0.242 e. The van der Waals surface area contributed by atoms with Gasteiger partial charge in [-0.2, -0.15) is 0 Å². The highest BCUT2D eigenvalue weighted by atomic mass is 16.2. The van der Waals surface area contributed by atoms with Crippen molar-refractivity contribution < 1.29 is 9.59 Å². The maximum Gasteiger partial charge on any atom is 0.242 e. The highest BCUT2D eigenvalue weighted by molar-refractivity contribution is 5.83. The van der Waals surface area contributed by atoms with Gasteiger partial charge in [0.05, 0.1) is 6.54 Å². The molecule has 1 aliphatic carbocycles. The van der Waals surface area contributed by atoms with Crippen LogP contribution in [-0.4, -0.2) is 53.3 Å². The van der Waals surface area contributed by atoms with Gasteiger partial charge in [-0.1, -0.05) is 43.5 Å². The first-order valence-corrected chi connectivity index (χ1v) is 11.4. The summed E-state index contributed by atoms with van der Waals surface area (Å²) >= 11 is 0. The minimum atomic E-state index is -0.149. The molecule has 0 aromatic heterocycles. The van der Waals surface area contributed by atoms with E-state index in [2.05, 4.69) is 34.5 Å². The van der Waals surface area contributed by atoms with Gasteiger partial charge in [-0.05, 0) is 55.7 Å². The number of fused-ring (bicyclic) bond motifs is 1. The van der Waals surface area contributed by atoms with Crippen molar-refractivity contribution in [2.24, 2.45) is 5.92 Å². The number of carbonyl (C=O) groups excluding carboxylic acids is 2. The highest BCUT2D eigenvalue weighted by Crippen LogP contribution is 2.38. The second-order valence-electron chi connectivity index (χ2n) is 9.38. The van der Waals surface area contributed by atoms with Crippen LogP contribution in [0.2, 0.25) is 0 Å². The lowest BCUT2D eigenvalue weighted by molar-refractivity contribution is -0.135. The summed E-state index contributed by atoms with van der Waals surface area (Å²) in [5, 5.41) is 2.70. The van der Waals surface area contributed by atoms with Gasteiger partial charge in [-0.3, -0.25) is 14.5 Å². The molecule has 1 unspecified atom stereocenters. The third-order valence-electron chi connectivity index (χ3n) is 7.27. The Kier molecular flexibility index (Phi) is 6.23. The van der Waals surface area contributed by atoms with Crippen molar-refractivity contribution in [2.75, 3.05) is 26.2 Å². The van der Waals surface area contributed by atoms with Gasteiger partial charge < -0.3 is 10.2 Å². The maximum absolute atomic E-state index is 13.0. The molecule has 1 saturated heterocycles. The lowest BCUT2D eigenvalue weighted by atomic mass is 9.80. The molecule has 0 bridgehead atoms. The fraction of sp³-hybridized carbons (Fsp3) is 0.667. The van der Waals surface area contributed by atoms with E-state index in [9.17, 15) is 9.59 Å². The molecule has 3 aliphatic rings. The summed E-state index contributed by atoms with van der Waals surface area (Å²) in [6, 6.07) is 8.62. The van der Waals surface area contributed by atoms with E-state index in [1.165, 1.54) is 63.1 Å². The van der Waals surface area contributed by atoms with Gasteiger partial charge in [0.25, 0.3) is 0 Å². The number of carbonyl (C=O) groups is 2. The van der Waals surface area contributed by atoms with Gasteiger partial charge in [-0.15, -0.1) is 0 Å². The molecule has 0 radical (unpaired) electrons. The molecule has 158 valence electrons. The van der Waals surface area contributed by atoms with E-state index < -0.39 is 0 Å². The van der Waals surface area contributed by atoms with Crippen LogP contribution < -0.4 is 5.32 Å². The summed E-state index contributed by atoms with van der Waals surface area (Å²) < 4.78 is 0. The number of amides is 2. The number of benzene rings is 1. The molecule has 2 fully saturated rings. The third kappa shape index (κ3) is 4.66. The number of piperidine rings is 1. The molecule has 2 aliphatic heterocycles. The van der Waals surface area contributed by atoms with E-state index in [-0.39, 0.29) is 23.9 Å². The maximum atomic E-state index is 13.0. The van der Waals surface area contributed by atoms with Crippen molar-refractivity contribution in [1.29, 1.82) is 0 Å².